The molecule has 0 amide bonds. The fourth-order valence-electron chi connectivity index (χ4n) is 2.94. The number of nitrogens with one attached hydrogen (secondary N) is 2. The van der Waals surface area contributed by atoms with Gasteiger partial charge < -0.3 is 20.3 Å². The van der Waals surface area contributed by atoms with Crippen LogP contribution in [0.2, 0.25) is 0 Å². The SMILES string of the molecule is CN=C(NCCOCCC(C)C)NCc1ccnc(N2CCCCC2)c1.I. The van der Waals surface area contributed by atoms with Gasteiger partial charge in [0, 0.05) is 46.0 Å². The number of nitrogens with zero attached hydrogens (tertiary/aromatic N) is 3. The number of anilines is 1. The van der Waals surface area contributed by atoms with Crippen molar-refractivity contribution >= 4 is 35.8 Å². The zero-order valence-electron chi connectivity index (χ0n) is 17.0. The summed E-state index contributed by atoms with van der Waals surface area (Å²) < 4.78 is 5.63. The molecule has 7 heteroatoms. The molecule has 0 unspecified atom stereocenters. The van der Waals surface area contributed by atoms with Gasteiger partial charge in [-0.05, 0) is 49.3 Å². The number of aromatic nitrogens is 1. The summed E-state index contributed by atoms with van der Waals surface area (Å²) >= 11 is 0. The number of aliphatic imine (C=N–C) groups is 1. The second-order valence-electron chi connectivity index (χ2n) is 7.22. The van der Waals surface area contributed by atoms with Crippen molar-refractivity contribution in [3.05, 3.63) is 23.9 Å². The van der Waals surface area contributed by atoms with Crippen molar-refractivity contribution in [3.63, 3.8) is 0 Å². The molecule has 154 valence electrons. The van der Waals surface area contributed by atoms with E-state index in [9.17, 15) is 0 Å². The fraction of sp³-hybridized carbons (Fsp3) is 0.700. The highest BCUT2D eigenvalue weighted by Crippen LogP contribution is 2.18. The predicted molar refractivity (Wildman–Crippen MR) is 124 cm³/mol. The van der Waals surface area contributed by atoms with Crippen LogP contribution in [0.25, 0.3) is 0 Å². The first kappa shape index (κ1) is 23.9. The maximum Gasteiger partial charge on any atom is 0.191 e. The second-order valence-corrected chi connectivity index (χ2v) is 7.22. The monoisotopic (exact) mass is 489 g/mol. The molecule has 1 fully saturated rings. The number of piperidine rings is 1. The minimum absolute atomic E-state index is 0. The number of rotatable bonds is 9. The number of hydrogen-bond acceptors (Lipinski definition) is 4. The van der Waals surface area contributed by atoms with Crippen molar-refractivity contribution in [1.82, 2.24) is 15.6 Å². The molecule has 6 nitrogen and oxygen atoms in total. The van der Waals surface area contributed by atoms with E-state index in [2.05, 4.69) is 51.5 Å². The highest BCUT2D eigenvalue weighted by molar-refractivity contribution is 14.0. The van der Waals surface area contributed by atoms with Crippen LogP contribution < -0.4 is 15.5 Å². The lowest BCUT2D eigenvalue weighted by Gasteiger charge is -2.28. The molecular formula is C20H36IN5O. The van der Waals surface area contributed by atoms with E-state index in [0.717, 1.165) is 51.0 Å². The molecule has 0 aliphatic carbocycles. The number of halogens is 1. The van der Waals surface area contributed by atoms with Crippen LogP contribution in [-0.4, -0.2) is 50.8 Å². The van der Waals surface area contributed by atoms with E-state index in [-0.39, 0.29) is 24.0 Å². The lowest BCUT2D eigenvalue weighted by Crippen LogP contribution is -2.38. The summed E-state index contributed by atoms with van der Waals surface area (Å²) in [4.78, 5) is 11.2. The molecule has 27 heavy (non-hydrogen) atoms. The largest absolute Gasteiger partial charge is 0.380 e. The van der Waals surface area contributed by atoms with Crippen molar-refractivity contribution in [3.8, 4) is 0 Å². The Bertz CT molecular complexity index is 547. The van der Waals surface area contributed by atoms with Crippen LogP contribution >= 0.6 is 24.0 Å². The van der Waals surface area contributed by atoms with Crippen LogP contribution in [0.4, 0.5) is 5.82 Å². The standard InChI is InChI=1S/C20H35N5O.HI/c1-17(2)8-13-26-14-10-23-20(21-3)24-16-18-7-9-22-19(15-18)25-11-5-4-6-12-25;/h7,9,15,17H,4-6,8,10-14,16H2,1-3H3,(H2,21,23,24);1H. The molecule has 1 saturated heterocycles. The van der Waals surface area contributed by atoms with Crippen molar-refractivity contribution < 1.29 is 4.74 Å². The third-order valence-corrected chi connectivity index (χ3v) is 4.55. The number of pyridine rings is 1. The van der Waals surface area contributed by atoms with Gasteiger partial charge in [-0.1, -0.05) is 13.8 Å². The van der Waals surface area contributed by atoms with Gasteiger partial charge >= 0.3 is 0 Å². The van der Waals surface area contributed by atoms with Crippen LogP contribution in [0, 0.1) is 5.92 Å². The summed E-state index contributed by atoms with van der Waals surface area (Å²) in [6.07, 6.45) is 6.87. The Morgan fingerprint density at radius 2 is 2.00 bits per heavy atom. The Morgan fingerprint density at radius 3 is 2.70 bits per heavy atom. The topological polar surface area (TPSA) is 61.8 Å². The van der Waals surface area contributed by atoms with Gasteiger partial charge in [-0.2, -0.15) is 0 Å². The van der Waals surface area contributed by atoms with Crippen molar-refractivity contribution in [2.45, 2.75) is 46.1 Å². The Balaban J connectivity index is 0.00000364. The van der Waals surface area contributed by atoms with Crippen LogP contribution in [0.3, 0.4) is 0 Å². The molecule has 1 aliphatic heterocycles. The Labute approximate surface area is 181 Å². The molecule has 2 N–H and O–H groups in total. The molecule has 0 aromatic carbocycles. The molecule has 0 radical (unpaired) electrons. The maximum atomic E-state index is 5.63. The van der Waals surface area contributed by atoms with Gasteiger partial charge in [0.2, 0.25) is 0 Å². The summed E-state index contributed by atoms with van der Waals surface area (Å²) in [7, 11) is 1.79. The fourth-order valence-corrected chi connectivity index (χ4v) is 2.94. The summed E-state index contributed by atoms with van der Waals surface area (Å²) in [5.74, 6) is 2.58. The zero-order valence-corrected chi connectivity index (χ0v) is 19.4. The third-order valence-electron chi connectivity index (χ3n) is 4.55. The molecular weight excluding hydrogens is 453 g/mol. The van der Waals surface area contributed by atoms with Gasteiger partial charge in [-0.3, -0.25) is 4.99 Å². The lowest BCUT2D eigenvalue weighted by molar-refractivity contribution is 0.128. The average molecular weight is 489 g/mol. The first-order valence-electron chi connectivity index (χ1n) is 9.91. The quantitative estimate of drug-likeness (QED) is 0.241. The normalized spacial score (nSPS) is 14.8. The van der Waals surface area contributed by atoms with E-state index < -0.39 is 0 Å². The summed E-state index contributed by atoms with van der Waals surface area (Å²) in [6.45, 7) is 9.66. The Kier molecular flexibility index (Phi) is 12.4. The predicted octanol–water partition coefficient (Wildman–Crippen LogP) is 3.42. The summed E-state index contributed by atoms with van der Waals surface area (Å²) in [5, 5.41) is 6.66. The lowest BCUT2D eigenvalue weighted by atomic mass is 10.1. The van der Waals surface area contributed by atoms with Gasteiger partial charge in [0.05, 0.1) is 6.61 Å². The van der Waals surface area contributed by atoms with Crippen molar-refractivity contribution in [2.75, 3.05) is 44.8 Å². The molecule has 1 aromatic heterocycles. The van der Waals surface area contributed by atoms with Crippen LogP contribution in [0.5, 0.6) is 0 Å². The number of guanidine groups is 1. The number of hydrogen-bond donors (Lipinski definition) is 2. The minimum Gasteiger partial charge on any atom is -0.380 e. The molecule has 0 atom stereocenters. The smallest absolute Gasteiger partial charge is 0.191 e. The zero-order chi connectivity index (χ0) is 18.6. The van der Waals surface area contributed by atoms with E-state index >= 15 is 0 Å². The third kappa shape index (κ3) is 9.60. The van der Waals surface area contributed by atoms with Gasteiger partial charge in [0.1, 0.15) is 5.82 Å². The van der Waals surface area contributed by atoms with E-state index in [1.54, 1.807) is 7.05 Å². The van der Waals surface area contributed by atoms with E-state index in [0.29, 0.717) is 12.5 Å². The Morgan fingerprint density at radius 1 is 1.22 bits per heavy atom. The average Bonchev–Trinajstić information content (AvgIpc) is 2.67. The van der Waals surface area contributed by atoms with Crippen LogP contribution in [-0.2, 0) is 11.3 Å². The minimum atomic E-state index is 0. The maximum absolute atomic E-state index is 5.63. The number of ether oxygens (including phenoxy) is 1. The first-order chi connectivity index (χ1) is 12.7. The molecule has 0 saturated carbocycles. The van der Waals surface area contributed by atoms with Crippen LogP contribution in [0.15, 0.2) is 23.3 Å². The van der Waals surface area contributed by atoms with Gasteiger partial charge in [-0.25, -0.2) is 4.98 Å². The molecule has 1 aromatic rings. The molecule has 2 heterocycles. The van der Waals surface area contributed by atoms with Crippen molar-refractivity contribution in [1.29, 1.82) is 0 Å². The van der Waals surface area contributed by atoms with Gasteiger partial charge in [0.25, 0.3) is 0 Å². The van der Waals surface area contributed by atoms with E-state index in [1.165, 1.54) is 24.8 Å². The highest BCUT2D eigenvalue weighted by Gasteiger charge is 2.12. The highest BCUT2D eigenvalue weighted by atomic mass is 127. The summed E-state index contributed by atoms with van der Waals surface area (Å²) in [5.41, 5.74) is 1.22. The second kappa shape index (κ2) is 14.0. The van der Waals surface area contributed by atoms with E-state index in [1.807, 2.05) is 6.20 Å². The van der Waals surface area contributed by atoms with Crippen molar-refractivity contribution in [2.24, 2.45) is 10.9 Å². The first-order valence-corrected chi connectivity index (χ1v) is 9.91. The molecule has 1 aliphatic rings. The van der Waals surface area contributed by atoms with Gasteiger partial charge in [-0.15, -0.1) is 24.0 Å². The molecule has 2 rings (SSSR count). The van der Waals surface area contributed by atoms with E-state index in [4.69, 9.17) is 4.74 Å². The molecule has 0 bridgehead atoms. The molecule has 0 spiro atoms. The Hall–Kier alpha value is -1.09. The van der Waals surface area contributed by atoms with Crippen LogP contribution in [0.1, 0.15) is 45.1 Å². The summed E-state index contributed by atoms with van der Waals surface area (Å²) in [6, 6.07) is 4.24. The van der Waals surface area contributed by atoms with Gasteiger partial charge in [0.15, 0.2) is 5.96 Å².